The molecule has 0 aliphatic carbocycles. The normalized spacial score (nSPS) is 11.2. The van der Waals surface area contributed by atoms with Crippen LogP contribution in [0.4, 0.5) is 5.69 Å². The van der Waals surface area contributed by atoms with Crippen molar-refractivity contribution in [2.24, 2.45) is 0 Å². The molecule has 0 fully saturated rings. The second-order valence-corrected chi connectivity index (χ2v) is 7.10. The van der Waals surface area contributed by atoms with E-state index in [0.717, 1.165) is 16.6 Å². The van der Waals surface area contributed by atoms with Crippen LogP contribution in [-0.2, 0) is 4.79 Å². The molecule has 2 aromatic heterocycles. The second kappa shape index (κ2) is 6.93. The maximum atomic E-state index is 12.3. The highest BCUT2D eigenvalue weighted by atomic mass is 35.5. The Labute approximate surface area is 158 Å². The van der Waals surface area contributed by atoms with Crippen molar-refractivity contribution in [2.75, 3.05) is 11.1 Å². The average molecular weight is 384 g/mol. The van der Waals surface area contributed by atoms with Gasteiger partial charge in [0.15, 0.2) is 5.65 Å². The summed E-state index contributed by atoms with van der Waals surface area (Å²) >= 11 is 7.42. The summed E-state index contributed by atoms with van der Waals surface area (Å²) in [5, 5.41) is 12.2. The molecule has 0 bridgehead atoms. The van der Waals surface area contributed by atoms with Gasteiger partial charge in [-0.3, -0.25) is 9.20 Å². The third-order valence-corrected chi connectivity index (χ3v) is 5.26. The fraction of sp³-hybridized carbons (Fsp3) is 0.111. The zero-order valence-corrected chi connectivity index (χ0v) is 15.4. The van der Waals surface area contributed by atoms with Gasteiger partial charge in [0.2, 0.25) is 5.91 Å². The number of nitrogens with one attached hydrogen (secondary N) is 1. The number of hydrogen-bond donors (Lipinski definition) is 1. The first-order chi connectivity index (χ1) is 12.6. The maximum absolute atomic E-state index is 12.3. The Balaban J connectivity index is 1.54. The molecule has 4 rings (SSSR count). The molecule has 4 aromatic rings. The van der Waals surface area contributed by atoms with Crippen molar-refractivity contribution in [3.63, 3.8) is 0 Å². The number of anilines is 1. The molecule has 2 heterocycles. The van der Waals surface area contributed by atoms with Crippen molar-refractivity contribution in [3.05, 3.63) is 59.4 Å². The van der Waals surface area contributed by atoms with Crippen LogP contribution in [0.3, 0.4) is 0 Å². The standard InChI is InChI=1S/C18H14ClN5OS/c1-11-6-7-12(8-13(11)19)21-16(25)9-26-18-17-23-20-10-24(17)15-5-3-2-4-14(15)22-18/h2-8,10H,9H2,1H3,(H,21,25). The Morgan fingerprint density at radius 3 is 2.96 bits per heavy atom. The van der Waals surface area contributed by atoms with Gasteiger partial charge in [-0.15, -0.1) is 10.2 Å². The van der Waals surface area contributed by atoms with Crippen LogP contribution in [0, 0.1) is 6.92 Å². The first-order valence-corrected chi connectivity index (χ1v) is 9.25. The van der Waals surface area contributed by atoms with Crippen molar-refractivity contribution < 1.29 is 4.79 Å². The van der Waals surface area contributed by atoms with Crippen LogP contribution in [0.5, 0.6) is 0 Å². The summed E-state index contributed by atoms with van der Waals surface area (Å²) in [6, 6.07) is 13.2. The van der Waals surface area contributed by atoms with Gasteiger partial charge in [0.05, 0.1) is 16.8 Å². The minimum absolute atomic E-state index is 0.137. The van der Waals surface area contributed by atoms with Crippen molar-refractivity contribution in [2.45, 2.75) is 11.9 Å². The molecule has 0 atom stereocenters. The van der Waals surface area contributed by atoms with E-state index in [1.54, 1.807) is 12.4 Å². The van der Waals surface area contributed by atoms with Gasteiger partial charge in [-0.1, -0.05) is 41.6 Å². The molecule has 1 amide bonds. The molecule has 0 aliphatic heterocycles. The number of rotatable bonds is 4. The van der Waals surface area contributed by atoms with Gasteiger partial charge in [-0.2, -0.15) is 0 Å². The van der Waals surface area contributed by atoms with Gasteiger partial charge in [-0.25, -0.2) is 4.98 Å². The average Bonchev–Trinajstić information content (AvgIpc) is 3.13. The molecule has 0 aliphatic rings. The van der Waals surface area contributed by atoms with E-state index in [1.807, 2.05) is 47.7 Å². The number of benzene rings is 2. The fourth-order valence-corrected chi connectivity index (χ4v) is 3.53. The number of aryl methyl sites for hydroxylation is 1. The first kappa shape index (κ1) is 16.8. The van der Waals surface area contributed by atoms with Crippen LogP contribution in [0.1, 0.15) is 5.56 Å². The van der Waals surface area contributed by atoms with E-state index in [-0.39, 0.29) is 11.7 Å². The Kier molecular flexibility index (Phi) is 4.48. The third kappa shape index (κ3) is 3.23. The van der Waals surface area contributed by atoms with E-state index in [9.17, 15) is 4.79 Å². The molecule has 26 heavy (non-hydrogen) atoms. The van der Waals surface area contributed by atoms with Gasteiger partial charge < -0.3 is 5.32 Å². The summed E-state index contributed by atoms with van der Waals surface area (Å²) in [5.74, 6) is 0.0712. The molecule has 0 unspecified atom stereocenters. The summed E-state index contributed by atoms with van der Waals surface area (Å²) < 4.78 is 1.88. The van der Waals surface area contributed by atoms with Crippen molar-refractivity contribution in [1.82, 2.24) is 19.6 Å². The largest absolute Gasteiger partial charge is 0.325 e. The summed E-state index contributed by atoms with van der Waals surface area (Å²) in [6.07, 6.45) is 1.65. The summed E-state index contributed by atoms with van der Waals surface area (Å²) in [4.78, 5) is 16.9. The highest BCUT2D eigenvalue weighted by Crippen LogP contribution is 2.25. The number of fused-ring (bicyclic) bond motifs is 3. The van der Waals surface area contributed by atoms with Crippen LogP contribution in [-0.4, -0.2) is 31.2 Å². The topological polar surface area (TPSA) is 72.2 Å². The highest BCUT2D eigenvalue weighted by Gasteiger charge is 2.13. The molecule has 2 aromatic carbocycles. The smallest absolute Gasteiger partial charge is 0.234 e. The maximum Gasteiger partial charge on any atom is 0.234 e. The number of aromatic nitrogens is 4. The number of para-hydroxylation sites is 2. The Morgan fingerprint density at radius 2 is 2.12 bits per heavy atom. The van der Waals surface area contributed by atoms with Gasteiger partial charge in [0.1, 0.15) is 11.4 Å². The highest BCUT2D eigenvalue weighted by molar-refractivity contribution is 8.00. The molecule has 0 spiro atoms. The third-order valence-electron chi connectivity index (χ3n) is 3.90. The predicted octanol–water partition coefficient (Wildman–Crippen LogP) is 3.97. The van der Waals surface area contributed by atoms with Crippen molar-refractivity contribution in [3.8, 4) is 0 Å². The molecule has 0 saturated carbocycles. The van der Waals surface area contributed by atoms with E-state index in [4.69, 9.17) is 11.6 Å². The van der Waals surface area contributed by atoms with Crippen molar-refractivity contribution in [1.29, 1.82) is 0 Å². The van der Waals surface area contributed by atoms with Crippen LogP contribution in [0.2, 0.25) is 5.02 Å². The lowest BCUT2D eigenvalue weighted by Crippen LogP contribution is -2.14. The number of halogens is 1. The van der Waals surface area contributed by atoms with Crippen LogP contribution < -0.4 is 5.32 Å². The molecule has 130 valence electrons. The quantitative estimate of drug-likeness (QED) is 0.540. The van der Waals surface area contributed by atoms with Gasteiger partial charge in [0.25, 0.3) is 0 Å². The van der Waals surface area contributed by atoms with Crippen LogP contribution >= 0.6 is 23.4 Å². The molecule has 8 heteroatoms. The zero-order chi connectivity index (χ0) is 18.1. The number of hydrogen-bond acceptors (Lipinski definition) is 5. The second-order valence-electron chi connectivity index (χ2n) is 5.73. The molecule has 0 saturated heterocycles. The number of amides is 1. The van der Waals surface area contributed by atoms with Gasteiger partial charge in [-0.05, 0) is 36.8 Å². The Bertz CT molecular complexity index is 1130. The van der Waals surface area contributed by atoms with E-state index in [1.165, 1.54) is 11.8 Å². The number of carbonyl (C=O) groups is 1. The fourth-order valence-electron chi connectivity index (χ4n) is 2.58. The SMILES string of the molecule is Cc1ccc(NC(=O)CSc2nc3ccccc3n3cnnc23)cc1Cl. The van der Waals surface area contributed by atoms with E-state index < -0.39 is 0 Å². The first-order valence-electron chi connectivity index (χ1n) is 7.89. The van der Waals surface area contributed by atoms with Crippen molar-refractivity contribution >= 4 is 51.6 Å². The van der Waals surface area contributed by atoms with E-state index in [0.29, 0.717) is 21.4 Å². The number of nitrogens with zero attached hydrogens (tertiary/aromatic N) is 4. The van der Waals surface area contributed by atoms with Gasteiger partial charge in [0, 0.05) is 10.7 Å². The van der Waals surface area contributed by atoms with E-state index >= 15 is 0 Å². The molecular weight excluding hydrogens is 370 g/mol. The minimum Gasteiger partial charge on any atom is -0.325 e. The number of thioether (sulfide) groups is 1. The molecule has 0 radical (unpaired) electrons. The summed E-state index contributed by atoms with van der Waals surface area (Å²) in [6.45, 7) is 1.92. The van der Waals surface area contributed by atoms with Gasteiger partial charge >= 0.3 is 0 Å². The van der Waals surface area contributed by atoms with E-state index in [2.05, 4.69) is 20.5 Å². The monoisotopic (exact) mass is 383 g/mol. The zero-order valence-electron chi connectivity index (χ0n) is 13.8. The Hall–Kier alpha value is -2.64. The lowest BCUT2D eigenvalue weighted by Gasteiger charge is -2.08. The lowest BCUT2D eigenvalue weighted by molar-refractivity contribution is -0.113. The summed E-state index contributed by atoms with van der Waals surface area (Å²) in [7, 11) is 0. The molecular formula is C18H14ClN5OS. The molecule has 6 nitrogen and oxygen atoms in total. The summed E-state index contributed by atoms with van der Waals surface area (Å²) in [5.41, 5.74) is 4.03. The lowest BCUT2D eigenvalue weighted by atomic mass is 10.2. The Morgan fingerprint density at radius 1 is 1.27 bits per heavy atom. The number of carbonyl (C=O) groups excluding carboxylic acids is 1. The minimum atomic E-state index is -0.137. The van der Waals surface area contributed by atoms with Crippen LogP contribution in [0.25, 0.3) is 16.7 Å². The predicted molar refractivity (Wildman–Crippen MR) is 104 cm³/mol. The molecule has 1 N–H and O–H groups in total. The van der Waals surface area contributed by atoms with Crippen LogP contribution in [0.15, 0.2) is 53.8 Å².